The molecule has 2 N–H and O–H groups in total. The molecular weight excluding hydrogens is 318 g/mol. The average molecular weight is 333 g/mol. The van der Waals surface area contributed by atoms with Crippen molar-refractivity contribution in [3.63, 3.8) is 0 Å². The van der Waals surface area contributed by atoms with E-state index in [1.54, 1.807) is 31.2 Å². The highest BCUT2D eigenvalue weighted by Gasteiger charge is 2.13. The minimum absolute atomic E-state index is 0.0436. The third kappa shape index (κ3) is 4.68. The summed E-state index contributed by atoms with van der Waals surface area (Å²) >= 11 is 1.10. The van der Waals surface area contributed by atoms with Crippen molar-refractivity contribution >= 4 is 29.3 Å². The number of amides is 1. The fraction of sp³-hybridized carbons (Fsp3) is 0.200. The normalized spacial score (nSPS) is 10.2. The zero-order valence-corrected chi connectivity index (χ0v) is 13.4. The molecule has 2 rings (SSSR count). The molecule has 0 spiro atoms. The first kappa shape index (κ1) is 16.8. The summed E-state index contributed by atoms with van der Waals surface area (Å²) in [5, 5.41) is 3.01. The molecule has 120 valence electrons. The molecule has 0 unspecified atom stereocenters. The number of para-hydroxylation sites is 1. The lowest BCUT2D eigenvalue weighted by molar-refractivity contribution is -0.113. The van der Waals surface area contributed by atoms with E-state index in [1.807, 2.05) is 0 Å². The smallest absolute Gasteiger partial charge is 0.339 e. The third-order valence-corrected chi connectivity index (χ3v) is 3.67. The maximum Gasteiger partial charge on any atom is 0.339 e. The summed E-state index contributed by atoms with van der Waals surface area (Å²) in [6.07, 6.45) is 0. The number of aromatic amines is 1. The fourth-order valence-electron chi connectivity index (χ4n) is 1.82. The van der Waals surface area contributed by atoms with Crippen LogP contribution in [-0.2, 0) is 9.53 Å². The number of carbonyl (C=O) groups excluding carboxylic acids is 2. The summed E-state index contributed by atoms with van der Waals surface area (Å²) in [7, 11) is 1.27. The summed E-state index contributed by atoms with van der Waals surface area (Å²) in [5.74, 6) is -0.809. The lowest BCUT2D eigenvalue weighted by atomic mass is 10.2. The predicted molar refractivity (Wildman–Crippen MR) is 86.7 cm³/mol. The highest BCUT2D eigenvalue weighted by atomic mass is 32.2. The maximum absolute atomic E-state index is 12.0. The molecule has 0 aliphatic rings. The first-order chi connectivity index (χ1) is 11.0. The van der Waals surface area contributed by atoms with E-state index in [-0.39, 0.29) is 22.8 Å². The summed E-state index contributed by atoms with van der Waals surface area (Å²) < 4.78 is 4.67. The number of nitrogens with one attached hydrogen (secondary N) is 2. The number of hydrogen-bond acceptors (Lipinski definition) is 6. The predicted octanol–water partition coefficient (Wildman–Crippen LogP) is 1.60. The number of rotatable bonds is 5. The van der Waals surface area contributed by atoms with Gasteiger partial charge in [-0.2, -0.15) is 0 Å². The number of esters is 1. The number of aryl methyl sites for hydroxylation is 1. The molecule has 0 fully saturated rings. The van der Waals surface area contributed by atoms with Crippen molar-refractivity contribution < 1.29 is 14.3 Å². The number of aromatic nitrogens is 2. The zero-order valence-electron chi connectivity index (χ0n) is 12.6. The third-order valence-electron chi connectivity index (χ3n) is 2.79. The highest BCUT2D eigenvalue weighted by Crippen LogP contribution is 2.17. The molecule has 0 radical (unpaired) electrons. The van der Waals surface area contributed by atoms with E-state index in [0.717, 1.165) is 11.8 Å². The number of thioether (sulfide) groups is 1. The van der Waals surface area contributed by atoms with Gasteiger partial charge in [-0.1, -0.05) is 23.9 Å². The van der Waals surface area contributed by atoms with Crippen molar-refractivity contribution in [3.05, 3.63) is 51.9 Å². The monoisotopic (exact) mass is 333 g/mol. The number of carbonyl (C=O) groups is 2. The zero-order chi connectivity index (χ0) is 16.8. The molecule has 2 aromatic rings. The number of ether oxygens (including phenoxy) is 1. The lowest BCUT2D eigenvalue weighted by Crippen LogP contribution is -2.17. The summed E-state index contributed by atoms with van der Waals surface area (Å²) in [5.41, 5.74) is 0.954. The van der Waals surface area contributed by atoms with E-state index < -0.39 is 5.97 Å². The van der Waals surface area contributed by atoms with Crippen LogP contribution in [0, 0.1) is 6.92 Å². The number of anilines is 1. The van der Waals surface area contributed by atoms with Gasteiger partial charge in [-0.25, -0.2) is 9.78 Å². The molecule has 0 atom stereocenters. The van der Waals surface area contributed by atoms with E-state index in [0.29, 0.717) is 16.5 Å². The fourth-order valence-corrected chi connectivity index (χ4v) is 2.54. The molecule has 0 aliphatic carbocycles. The Morgan fingerprint density at radius 3 is 2.78 bits per heavy atom. The second kappa shape index (κ2) is 7.59. The minimum atomic E-state index is -0.529. The molecule has 1 heterocycles. The molecule has 1 amide bonds. The van der Waals surface area contributed by atoms with E-state index >= 15 is 0 Å². The van der Waals surface area contributed by atoms with Gasteiger partial charge in [0.15, 0.2) is 5.16 Å². The van der Waals surface area contributed by atoms with Crippen LogP contribution in [0.4, 0.5) is 5.69 Å². The molecule has 0 aliphatic heterocycles. The average Bonchev–Trinajstić information content (AvgIpc) is 2.52. The lowest BCUT2D eigenvalue weighted by Gasteiger charge is -2.09. The van der Waals surface area contributed by atoms with Gasteiger partial charge in [0.1, 0.15) is 0 Å². The van der Waals surface area contributed by atoms with E-state index in [9.17, 15) is 14.4 Å². The number of hydrogen-bond donors (Lipinski definition) is 2. The first-order valence-electron chi connectivity index (χ1n) is 6.67. The molecular formula is C15H15N3O4S. The van der Waals surface area contributed by atoms with Crippen LogP contribution >= 0.6 is 11.8 Å². The van der Waals surface area contributed by atoms with Gasteiger partial charge in [-0.15, -0.1) is 0 Å². The molecule has 0 saturated heterocycles. The molecule has 1 aromatic carbocycles. The first-order valence-corrected chi connectivity index (χ1v) is 7.66. The highest BCUT2D eigenvalue weighted by molar-refractivity contribution is 7.99. The van der Waals surface area contributed by atoms with Gasteiger partial charge in [0, 0.05) is 11.8 Å². The molecule has 0 saturated carbocycles. The van der Waals surface area contributed by atoms with Gasteiger partial charge >= 0.3 is 5.97 Å². The Morgan fingerprint density at radius 2 is 2.09 bits per heavy atom. The SMILES string of the molecule is COC(=O)c1ccccc1NC(=O)CSc1nc(C)cc(=O)[nH]1. The van der Waals surface area contributed by atoms with E-state index in [2.05, 4.69) is 20.0 Å². The molecule has 1 aromatic heterocycles. The minimum Gasteiger partial charge on any atom is -0.465 e. The largest absolute Gasteiger partial charge is 0.465 e. The second-order valence-corrected chi connectivity index (χ2v) is 5.53. The molecule has 0 bridgehead atoms. The van der Waals surface area contributed by atoms with Crippen LogP contribution in [-0.4, -0.2) is 34.7 Å². The number of H-pyrrole nitrogens is 1. The van der Waals surface area contributed by atoms with Crippen LogP contribution in [0.5, 0.6) is 0 Å². The van der Waals surface area contributed by atoms with Gasteiger partial charge in [-0.05, 0) is 19.1 Å². The Morgan fingerprint density at radius 1 is 1.35 bits per heavy atom. The van der Waals surface area contributed by atoms with Crippen molar-refractivity contribution in [1.29, 1.82) is 0 Å². The number of methoxy groups -OCH3 is 1. The van der Waals surface area contributed by atoms with Crippen LogP contribution in [0.1, 0.15) is 16.1 Å². The topological polar surface area (TPSA) is 101 Å². The van der Waals surface area contributed by atoms with Gasteiger partial charge in [0.25, 0.3) is 5.56 Å². The maximum atomic E-state index is 12.0. The Bertz CT molecular complexity index is 788. The van der Waals surface area contributed by atoms with Crippen LogP contribution in [0.15, 0.2) is 40.3 Å². The molecule has 7 nitrogen and oxygen atoms in total. The molecule has 23 heavy (non-hydrogen) atoms. The number of nitrogens with zero attached hydrogens (tertiary/aromatic N) is 1. The Balaban J connectivity index is 2.03. The van der Waals surface area contributed by atoms with E-state index in [4.69, 9.17) is 0 Å². The Hall–Kier alpha value is -2.61. The quantitative estimate of drug-likeness (QED) is 0.489. The van der Waals surface area contributed by atoms with Crippen molar-refractivity contribution in [2.45, 2.75) is 12.1 Å². The van der Waals surface area contributed by atoms with Gasteiger partial charge < -0.3 is 15.0 Å². The molecule has 8 heteroatoms. The van der Waals surface area contributed by atoms with Crippen molar-refractivity contribution in [1.82, 2.24) is 9.97 Å². The van der Waals surface area contributed by atoms with Crippen LogP contribution in [0.3, 0.4) is 0 Å². The van der Waals surface area contributed by atoms with Crippen molar-refractivity contribution in [2.75, 3.05) is 18.2 Å². The van der Waals surface area contributed by atoms with Gasteiger partial charge in [0.2, 0.25) is 5.91 Å². The standard InChI is InChI=1S/C15H15N3O4S/c1-9-7-12(19)18-15(16-9)23-8-13(20)17-11-6-4-3-5-10(11)14(21)22-2/h3-7H,8H2,1-2H3,(H,17,20)(H,16,18,19). The summed E-state index contributed by atoms with van der Waals surface area (Å²) in [6.45, 7) is 1.70. The second-order valence-electron chi connectivity index (χ2n) is 4.57. The van der Waals surface area contributed by atoms with Crippen LogP contribution in [0.2, 0.25) is 0 Å². The van der Waals surface area contributed by atoms with Crippen LogP contribution in [0.25, 0.3) is 0 Å². The van der Waals surface area contributed by atoms with E-state index in [1.165, 1.54) is 13.2 Å². The van der Waals surface area contributed by atoms with Gasteiger partial charge in [-0.3, -0.25) is 9.59 Å². The van der Waals surface area contributed by atoms with Crippen LogP contribution < -0.4 is 10.9 Å². The van der Waals surface area contributed by atoms with Crippen molar-refractivity contribution in [2.24, 2.45) is 0 Å². The Kier molecular flexibility index (Phi) is 5.53. The number of benzene rings is 1. The van der Waals surface area contributed by atoms with Crippen molar-refractivity contribution in [3.8, 4) is 0 Å². The van der Waals surface area contributed by atoms with Gasteiger partial charge in [0.05, 0.1) is 24.1 Å². The summed E-state index contributed by atoms with van der Waals surface area (Å²) in [6, 6.07) is 7.93. The Labute approximate surface area is 136 Å². The summed E-state index contributed by atoms with van der Waals surface area (Å²) in [4.78, 5) is 41.7.